The summed E-state index contributed by atoms with van der Waals surface area (Å²) in [6.07, 6.45) is 4.60. The molecule has 1 N–H and O–H groups in total. The van der Waals surface area contributed by atoms with Gasteiger partial charge < -0.3 is 10.1 Å². The normalized spacial score (nSPS) is 12.6. The minimum Gasteiger partial charge on any atom is -0.382 e. The van der Waals surface area contributed by atoms with Crippen LogP contribution in [0.15, 0.2) is 24.3 Å². The Labute approximate surface area is 128 Å². The van der Waals surface area contributed by atoms with Crippen molar-refractivity contribution >= 4 is 11.6 Å². The smallest absolute Gasteiger partial charge is 0.0466 e. The Kier molecular flexibility index (Phi) is 9.73. The summed E-state index contributed by atoms with van der Waals surface area (Å²) >= 11 is 6.07. The standard InChI is InChI=1S/C17H28ClNO/c1-3-10-19-14-16(8-6-11-20-4-2)12-15-7-5-9-17(18)13-15/h5,7,9,13,16,19H,3-4,6,8,10-12,14H2,1-2H3. The predicted octanol–water partition coefficient (Wildman–Crippen LogP) is 4.32. The zero-order valence-electron chi connectivity index (χ0n) is 12.8. The van der Waals surface area contributed by atoms with Gasteiger partial charge in [0.2, 0.25) is 0 Å². The maximum absolute atomic E-state index is 6.07. The van der Waals surface area contributed by atoms with Gasteiger partial charge in [0.25, 0.3) is 0 Å². The van der Waals surface area contributed by atoms with Crippen LogP contribution in [0.4, 0.5) is 0 Å². The molecule has 1 aromatic carbocycles. The van der Waals surface area contributed by atoms with Crippen molar-refractivity contribution in [3.63, 3.8) is 0 Å². The maximum Gasteiger partial charge on any atom is 0.0466 e. The number of hydrogen-bond donors (Lipinski definition) is 1. The molecule has 0 amide bonds. The van der Waals surface area contributed by atoms with Gasteiger partial charge in [0, 0.05) is 18.2 Å². The van der Waals surface area contributed by atoms with E-state index in [4.69, 9.17) is 16.3 Å². The molecule has 0 fully saturated rings. The van der Waals surface area contributed by atoms with Gasteiger partial charge in [0.1, 0.15) is 0 Å². The highest BCUT2D eigenvalue weighted by Gasteiger charge is 2.10. The summed E-state index contributed by atoms with van der Waals surface area (Å²) in [5, 5.41) is 4.37. The monoisotopic (exact) mass is 297 g/mol. The Balaban J connectivity index is 2.43. The van der Waals surface area contributed by atoms with Crippen molar-refractivity contribution in [3.05, 3.63) is 34.9 Å². The molecule has 0 bridgehead atoms. The second kappa shape index (κ2) is 11.1. The first-order valence-corrected chi connectivity index (χ1v) is 8.17. The fraction of sp³-hybridized carbons (Fsp3) is 0.647. The highest BCUT2D eigenvalue weighted by atomic mass is 35.5. The number of ether oxygens (including phenoxy) is 1. The SMILES string of the molecule is CCCNCC(CCCOCC)Cc1cccc(Cl)c1. The van der Waals surface area contributed by atoms with E-state index in [2.05, 4.69) is 24.4 Å². The van der Waals surface area contributed by atoms with E-state index in [0.29, 0.717) is 5.92 Å². The average molecular weight is 298 g/mol. The van der Waals surface area contributed by atoms with E-state index in [-0.39, 0.29) is 0 Å². The molecule has 1 aromatic rings. The van der Waals surface area contributed by atoms with Crippen molar-refractivity contribution in [2.45, 2.75) is 39.5 Å². The third-order valence-electron chi connectivity index (χ3n) is 3.38. The fourth-order valence-corrected chi connectivity index (χ4v) is 2.59. The van der Waals surface area contributed by atoms with Crippen molar-refractivity contribution in [3.8, 4) is 0 Å². The van der Waals surface area contributed by atoms with Crippen LogP contribution in [0, 0.1) is 5.92 Å². The minimum atomic E-state index is 0.653. The lowest BCUT2D eigenvalue weighted by molar-refractivity contribution is 0.139. The number of hydrogen-bond acceptors (Lipinski definition) is 2. The first-order valence-electron chi connectivity index (χ1n) is 7.79. The minimum absolute atomic E-state index is 0.653. The van der Waals surface area contributed by atoms with Crippen LogP contribution in [-0.2, 0) is 11.2 Å². The van der Waals surface area contributed by atoms with E-state index in [9.17, 15) is 0 Å². The molecule has 0 heterocycles. The maximum atomic E-state index is 6.07. The molecule has 20 heavy (non-hydrogen) atoms. The van der Waals surface area contributed by atoms with Crippen LogP contribution >= 0.6 is 11.6 Å². The Morgan fingerprint density at radius 1 is 1.30 bits per heavy atom. The zero-order chi connectivity index (χ0) is 14.6. The molecule has 1 unspecified atom stereocenters. The van der Waals surface area contributed by atoms with Gasteiger partial charge in [-0.15, -0.1) is 0 Å². The van der Waals surface area contributed by atoms with Gasteiger partial charge in [0.05, 0.1) is 0 Å². The van der Waals surface area contributed by atoms with E-state index in [0.717, 1.165) is 44.2 Å². The Bertz CT molecular complexity index is 357. The summed E-state index contributed by atoms with van der Waals surface area (Å²) in [7, 11) is 0. The van der Waals surface area contributed by atoms with Gasteiger partial charge in [-0.1, -0.05) is 30.7 Å². The van der Waals surface area contributed by atoms with Crippen molar-refractivity contribution in [1.29, 1.82) is 0 Å². The number of nitrogens with one attached hydrogen (secondary N) is 1. The first-order chi connectivity index (χ1) is 9.76. The lowest BCUT2D eigenvalue weighted by Crippen LogP contribution is -2.25. The molecule has 114 valence electrons. The summed E-state index contributed by atoms with van der Waals surface area (Å²) in [5.74, 6) is 0.653. The molecule has 1 rings (SSSR count). The average Bonchev–Trinajstić information content (AvgIpc) is 2.43. The molecule has 0 aliphatic carbocycles. The highest BCUT2D eigenvalue weighted by molar-refractivity contribution is 6.30. The molecular formula is C17H28ClNO. The first kappa shape index (κ1) is 17.5. The lowest BCUT2D eigenvalue weighted by atomic mass is 9.94. The van der Waals surface area contributed by atoms with E-state index >= 15 is 0 Å². The number of rotatable bonds is 11. The van der Waals surface area contributed by atoms with Crippen LogP contribution < -0.4 is 5.32 Å². The topological polar surface area (TPSA) is 21.3 Å². The lowest BCUT2D eigenvalue weighted by Gasteiger charge is -2.18. The number of halogens is 1. The van der Waals surface area contributed by atoms with Gasteiger partial charge in [-0.3, -0.25) is 0 Å². The summed E-state index contributed by atoms with van der Waals surface area (Å²) in [5.41, 5.74) is 1.33. The molecule has 0 aliphatic rings. The van der Waals surface area contributed by atoms with Gasteiger partial charge in [-0.2, -0.15) is 0 Å². The van der Waals surface area contributed by atoms with Crippen LogP contribution in [0.2, 0.25) is 5.02 Å². The fourth-order valence-electron chi connectivity index (χ4n) is 2.37. The quantitative estimate of drug-likeness (QED) is 0.614. The molecular weight excluding hydrogens is 270 g/mol. The molecule has 0 aromatic heterocycles. The van der Waals surface area contributed by atoms with Crippen LogP contribution in [0.5, 0.6) is 0 Å². The Hall–Kier alpha value is -0.570. The molecule has 0 saturated heterocycles. The molecule has 1 atom stereocenters. The van der Waals surface area contributed by atoms with E-state index in [1.807, 2.05) is 19.1 Å². The van der Waals surface area contributed by atoms with Crippen molar-refractivity contribution in [1.82, 2.24) is 5.32 Å². The van der Waals surface area contributed by atoms with E-state index < -0.39 is 0 Å². The van der Waals surface area contributed by atoms with Crippen LogP contribution in [0.1, 0.15) is 38.7 Å². The van der Waals surface area contributed by atoms with Crippen LogP contribution in [0.25, 0.3) is 0 Å². The summed E-state index contributed by atoms with van der Waals surface area (Å²) in [4.78, 5) is 0. The van der Waals surface area contributed by atoms with Crippen LogP contribution in [-0.4, -0.2) is 26.3 Å². The van der Waals surface area contributed by atoms with Crippen molar-refractivity contribution in [2.75, 3.05) is 26.3 Å². The third-order valence-corrected chi connectivity index (χ3v) is 3.61. The van der Waals surface area contributed by atoms with E-state index in [1.165, 1.54) is 18.4 Å². The second-order valence-electron chi connectivity index (χ2n) is 5.24. The van der Waals surface area contributed by atoms with Crippen LogP contribution in [0.3, 0.4) is 0 Å². The van der Waals surface area contributed by atoms with Crippen molar-refractivity contribution < 1.29 is 4.74 Å². The van der Waals surface area contributed by atoms with Crippen molar-refractivity contribution in [2.24, 2.45) is 5.92 Å². The van der Waals surface area contributed by atoms with E-state index in [1.54, 1.807) is 0 Å². The molecule has 0 saturated carbocycles. The van der Waals surface area contributed by atoms with Gasteiger partial charge >= 0.3 is 0 Å². The zero-order valence-corrected chi connectivity index (χ0v) is 13.6. The number of benzene rings is 1. The summed E-state index contributed by atoms with van der Waals surface area (Å²) in [6.45, 7) is 8.10. The molecule has 0 aliphatic heterocycles. The largest absolute Gasteiger partial charge is 0.382 e. The van der Waals surface area contributed by atoms with Gasteiger partial charge in [-0.05, 0) is 69.3 Å². The Morgan fingerprint density at radius 2 is 2.15 bits per heavy atom. The summed E-state index contributed by atoms with van der Waals surface area (Å²) in [6, 6.07) is 8.22. The highest BCUT2D eigenvalue weighted by Crippen LogP contribution is 2.17. The molecule has 0 spiro atoms. The molecule has 2 nitrogen and oxygen atoms in total. The molecule has 0 radical (unpaired) electrons. The predicted molar refractivity (Wildman–Crippen MR) is 87.5 cm³/mol. The molecule has 3 heteroatoms. The second-order valence-corrected chi connectivity index (χ2v) is 5.68. The van der Waals surface area contributed by atoms with Gasteiger partial charge in [-0.25, -0.2) is 0 Å². The third kappa shape index (κ3) is 7.88. The summed E-state index contributed by atoms with van der Waals surface area (Å²) < 4.78 is 5.44. The van der Waals surface area contributed by atoms with Gasteiger partial charge in [0.15, 0.2) is 0 Å². The Morgan fingerprint density at radius 3 is 2.85 bits per heavy atom.